The molecule has 1 amide bonds. The molecule has 0 aromatic heterocycles. The third-order valence-corrected chi connectivity index (χ3v) is 7.18. The number of carboxylic acid groups (broad SMARTS) is 1. The maximum Gasteiger partial charge on any atom is 0.407 e. The van der Waals surface area contributed by atoms with Gasteiger partial charge in [-0.15, -0.1) is 0 Å². The fraction of sp³-hybridized carbons (Fsp3) is 0.167. The summed E-state index contributed by atoms with van der Waals surface area (Å²) in [4.78, 5) is 23.1. The van der Waals surface area contributed by atoms with Gasteiger partial charge in [-0.3, -0.25) is 4.31 Å². The number of amides is 1. The van der Waals surface area contributed by atoms with Crippen LogP contribution in [0.4, 0.5) is 19.3 Å². The molecule has 0 aliphatic heterocycles. The van der Waals surface area contributed by atoms with Crippen LogP contribution < -0.4 is 9.62 Å². The summed E-state index contributed by atoms with van der Waals surface area (Å²) in [6, 6.07) is 12.2. The van der Waals surface area contributed by atoms with Gasteiger partial charge in [-0.1, -0.05) is 23.7 Å². The highest BCUT2D eigenvalue weighted by atomic mass is 35.5. The van der Waals surface area contributed by atoms with Gasteiger partial charge in [-0.05, 0) is 61.0 Å². The first-order chi connectivity index (χ1) is 17.0. The van der Waals surface area contributed by atoms with Crippen molar-refractivity contribution >= 4 is 39.4 Å². The Morgan fingerprint density at radius 3 is 2.44 bits per heavy atom. The number of sulfonamides is 1. The molecule has 1 unspecified atom stereocenters. The number of benzene rings is 3. The average Bonchev–Trinajstić information content (AvgIpc) is 2.84. The summed E-state index contributed by atoms with van der Waals surface area (Å²) >= 11 is 5.84. The van der Waals surface area contributed by atoms with Crippen molar-refractivity contribution in [3.05, 3.63) is 94.5 Å². The monoisotopic (exact) mass is 538 g/mol. The van der Waals surface area contributed by atoms with E-state index in [1.54, 1.807) is 6.07 Å². The molecule has 36 heavy (non-hydrogen) atoms. The van der Waals surface area contributed by atoms with Crippen LogP contribution in [0.1, 0.15) is 22.8 Å². The second-order valence-electron chi connectivity index (χ2n) is 7.66. The topological polar surface area (TPSA) is 113 Å². The Morgan fingerprint density at radius 1 is 1.08 bits per heavy atom. The lowest BCUT2D eigenvalue weighted by molar-refractivity contribution is 0.0696. The zero-order valence-corrected chi connectivity index (χ0v) is 20.4. The minimum atomic E-state index is -4.42. The van der Waals surface area contributed by atoms with Gasteiger partial charge >= 0.3 is 12.1 Å². The van der Waals surface area contributed by atoms with Crippen molar-refractivity contribution in [3.63, 3.8) is 0 Å². The molecule has 12 heteroatoms. The van der Waals surface area contributed by atoms with E-state index in [-0.39, 0.29) is 22.0 Å². The minimum Gasteiger partial charge on any atom is -0.478 e. The number of nitrogens with one attached hydrogen (secondary N) is 1. The summed E-state index contributed by atoms with van der Waals surface area (Å²) in [5.41, 5.74) is -0.0305. The molecule has 0 fully saturated rings. The van der Waals surface area contributed by atoms with Crippen molar-refractivity contribution in [2.45, 2.75) is 24.4 Å². The number of nitrogens with zero attached hydrogens (tertiary/aromatic N) is 1. The number of halogens is 3. The molecule has 2 N–H and O–H groups in total. The van der Waals surface area contributed by atoms with E-state index in [0.717, 1.165) is 18.2 Å². The molecule has 3 aromatic carbocycles. The fourth-order valence-electron chi connectivity index (χ4n) is 3.28. The third kappa shape index (κ3) is 6.49. The van der Waals surface area contributed by atoms with Crippen LogP contribution in [0, 0.1) is 11.6 Å². The molecule has 0 aliphatic carbocycles. The minimum absolute atomic E-state index is 0.0384. The van der Waals surface area contributed by atoms with Gasteiger partial charge in [0.15, 0.2) is 0 Å². The van der Waals surface area contributed by atoms with Crippen LogP contribution in [0.5, 0.6) is 0 Å². The van der Waals surface area contributed by atoms with Gasteiger partial charge in [0.2, 0.25) is 0 Å². The number of hydrogen-bond donors (Lipinski definition) is 2. The summed E-state index contributed by atoms with van der Waals surface area (Å²) < 4.78 is 61.1. The summed E-state index contributed by atoms with van der Waals surface area (Å²) in [5.74, 6) is -2.99. The van der Waals surface area contributed by atoms with Crippen molar-refractivity contribution in [2.24, 2.45) is 0 Å². The number of hydrogen-bond acceptors (Lipinski definition) is 5. The summed E-state index contributed by atoms with van der Waals surface area (Å²) in [6.45, 7) is 0.796. The summed E-state index contributed by atoms with van der Waals surface area (Å²) in [6.07, 6.45) is -0.925. The van der Waals surface area contributed by atoms with Gasteiger partial charge in [-0.25, -0.2) is 26.8 Å². The van der Waals surface area contributed by atoms with Gasteiger partial charge < -0.3 is 15.2 Å². The normalized spacial score (nSPS) is 12.0. The van der Waals surface area contributed by atoms with Crippen molar-refractivity contribution in [3.8, 4) is 0 Å². The van der Waals surface area contributed by atoms with Crippen LogP contribution in [-0.4, -0.2) is 38.2 Å². The number of aromatic carboxylic acids is 1. The number of anilines is 1. The van der Waals surface area contributed by atoms with E-state index in [1.807, 2.05) is 0 Å². The largest absolute Gasteiger partial charge is 0.478 e. The maximum atomic E-state index is 14.6. The molecule has 0 heterocycles. The van der Waals surface area contributed by atoms with Crippen LogP contribution in [0.2, 0.25) is 5.02 Å². The van der Waals surface area contributed by atoms with Gasteiger partial charge in [0.1, 0.15) is 18.2 Å². The van der Waals surface area contributed by atoms with Crippen LogP contribution >= 0.6 is 11.6 Å². The van der Waals surface area contributed by atoms with Gasteiger partial charge in [-0.2, -0.15) is 0 Å². The van der Waals surface area contributed by atoms with Crippen molar-refractivity contribution in [1.82, 2.24) is 5.32 Å². The van der Waals surface area contributed by atoms with Crippen LogP contribution in [0.15, 0.2) is 71.6 Å². The lowest BCUT2D eigenvalue weighted by atomic mass is 10.1. The highest BCUT2D eigenvalue weighted by Crippen LogP contribution is 2.30. The first-order valence-corrected chi connectivity index (χ1v) is 12.3. The lowest BCUT2D eigenvalue weighted by Crippen LogP contribution is -2.43. The van der Waals surface area contributed by atoms with E-state index in [0.29, 0.717) is 9.87 Å². The molecule has 0 radical (unpaired) electrons. The summed E-state index contributed by atoms with van der Waals surface area (Å²) in [5, 5.41) is 11.8. The molecule has 0 aliphatic rings. The zero-order chi connectivity index (χ0) is 26.5. The molecular formula is C24H21ClF2N2O6S. The third-order valence-electron chi connectivity index (χ3n) is 4.98. The second kappa shape index (κ2) is 11.4. The Labute approximate surface area is 211 Å². The van der Waals surface area contributed by atoms with Gasteiger partial charge in [0.25, 0.3) is 10.0 Å². The highest BCUT2D eigenvalue weighted by Gasteiger charge is 2.32. The molecule has 3 rings (SSSR count). The number of rotatable bonds is 9. The van der Waals surface area contributed by atoms with Crippen LogP contribution in [0.25, 0.3) is 0 Å². The molecule has 190 valence electrons. The Morgan fingerprint density at radius 2 is 1.78 bits per heavy atom. The van der Waals surface area contributed by atoms with Crippen molar-refractivity contribution in [2.75, 3.05) is 10.9 Å². The van der Waals surface area contributed by atoms with E-state index >= 15 is 0 Å². The molecule has 0 bridgehead atoms. The molecule has 3 aromatic rings. The number of carbonyl (C=O) groups is 2. The Kier molecular flexibility index (Phi) is 8.49. The smallest absolute Gasteiger partial charge is 0.407 e. The van der Waals surface area contributed by atoms with E-state index in [2.05, 4.69) is 5.32 Å². The SMILES string of the molecule is CC(COC(=O)NCc1cccc(C(=O)O)c1)N(c1cc(F)ccc1F)S(=O)(=O)c1ccc(Cl)cc1. The predicted octanol–water partition coefficient (Wildman–Crippen LogP) is 4.83. The molecular weight excluding hydrogens is 518 g/mol. The highest BCUT2D eigenvalue weighted by molar-refractivity contribution is 7.92. The Hall–Kier alpha value is -3.70. The zero-order valence-electron chi connectivity index (χ0n) is 18.8. The van der Waals surface area contributed by atoms with Crippen LogP contribution in [0.3, 0.4) is 0 Å². The van der Waals surface area contributed by atoms with E-state index in [1.165, 1.54) is 49.4 Å². The second-order valence-corrected chi connectivity index (χ2v) is 9.91. The van der Waals surface area contributed by atoms with E-state index in [9.17, 15) is 26.8 Å². The number of alkyl carbamates (subject to hydrolysis) is 1. The Balaban J connectivity index is 1.78. The predicted molar refractivity (Wildman–Crippen MR) is 129 cm³/mol. The fourth-order valence-corrected chi connectivity index (χ4v) is 5.05. The molecule has 1 atom stereocenters. The van der Waals surface area contributed by atoms with E-state index < -0.39 is 52.1 Å². The van der Waals surface area contributed by atoms with E-state index in [4.69, 9.17) is 21.4 Å². The molecule has 8 nitrogen and oxygen atoms in total. The van der Waals surface area contributed by atoms with Crippen molar-refractivity contribution in [1.29, 1.82) is 0 Å². The molecule has 0 saturated heterocycles. The first-order valence-electron chi connectivity index (χ1n) is 10.5. The molecule has 0 saturated carbocycles. The number of carbonyl (C=O) groups excluding carboxylic acids is 1. The first kappa shape index (κ1) is 26.9. The quantitative estimate of drug-likeness (QED) is 0.403. The lowest BCUT2D eigenvalue weighted by Gasteiger charge is -2.30. The van der Waals surface area contributed by atoms with Crippen LogP contribution in [-0.2, 0) is 21.3 Å². The maximum absolute atomic E-state index is 14.6. The average molecular weight is 539 g/mol. The number of carboxylic acids is 1. The Bertz CT molecular complexity index is 1370. The van der Waals surface area contributed by atoms with Gasteiger partial charge in [0.05, 0.1) is 22.2 Å². The summed E-state index contributed by atoms with van der Waals surface area (Å²) in [7, 11) is -4.42. The standard InChI is InChI=1S/C24H21ClF2N2O6S/c1-15(14-35-24(32)28-13-16-3-2-4-17(11-16)23(30)31)29(22-12-19(26)7-10-21(22)27)36(33,34)20-8-5-18(25)6-9-20/h2-12,15H,13-14H2,1H3,(H,28,32)(H,30,31). The van der Waals surface area contributed by atoms with Crippen molar-refractivity contribution < 1.29 is 36.6 Å². The number of ether oxygens (including phenoxy) is 1. The molecule has 0 spiro atoms. The van der Waals surface area contributed by atoms with Gasteiger partial charge in [0, 0.05) is 17.6 Å².